The third kappa shape index (κ3) is 5.46. The lowest BCUT2D eigenvalue weighted by atomic mass is 9.98. The molecule has 2 heterocycles. The molecule has 3 aromatic carbocycles. The molecule has 36 heavy (non-hydrogen) atoms. The molecule has 1 N–H and O–H groups in total. The summed E-state index contributed by atoms with van der Waals surface area (Å²) in [6.45, 7) is 0. The van der Waals surface area contributed by atoms with Crippen LogP contribution in [0.4, 0.5) is 10.1 Å². The summed E-state index contributed by atoms with van der Waals surface area (Å²) < 4.78 is 13.5. The summed E-state index contributed by atoms with van der Waals surface area (Å²) in [4.78, 5) is 29.5. The lowest BCUT2D eigenvalue weighted by Gasteiger charge is -2.23. The summed E-state index contributed by atoms with van der Waals surface area (Å²) in [5.41, 5.74) is 3.01. The quantitative estimate of drug-likeness (QED) is 0.411. The van der Waals surface area contributed by atoms with Gasteiger partial charge in [0.15, 0.2) is 5.17 Å². The van der Waals surface area contributed by atoms with Gasteiger partial charge in [0.25, 0.3) is 5.91 Å². The molecule has 0 aliphatic carbocycles. The molecule has 0 radical (unpaired) electrons. The van der Waals surface area contributed by atoms with Gasteiger partial charge in [0.2, 0.25) is 5.91 Å². The van der Waals surface area contributed by atoms with Crippen LogP contribution in [0.2, 0.25) is 10.0 Å². The van der Waals surface area contributed by atoms with Crippen LogP contribution < -0.4 is 5.32 Å². The number of hydrogen-bond acceptors (Lipinski definition) is 5. The Hall–Kier alpha value is -3.20. The minimum absolute atomic E-state index is 0.0384. The molecule has 0 aromatic heterocycles. The highest BCUT2D eigenvalue weighted by Gasteiger charge is 2.39. The van der Waals surface area contributed by atoms with Gasteiger partial charge < -0.3 is 5.32 Å². The fraction of sp³-hybridized carbons (Fsp3) is 0.154. The summed E-state index contributed by atoms with van der Waals surface area (Å²) in [6.07, 6.45) is 0.477. The average Bonchev–Trinajstić information content (AvgIpc) is 3.45. The van der Waals surface area contributed by atoms with E-state index in [1.807, 2.05) is 18.2 Å². The monoisotopic (exact) mass is 540 g/mol. The molecule has 0 unspecified atom stereocenters. The van der Waals surface area contributed by atoms with Gasteiger partial charge in [-0.25, -0.2) is 9.40 Å². The number of carbonyl (C=O) groups excluding carboxylic acids is 2. The Bertz CT molecular complexity index is 1380. The molecule has 2 atom stereocenters. The maximum absolute atomic E-state index is 13.5. The molecule has 0 bridgehead atoms. The molecule has 2 amide bonds. The molecule has 0 saturated carbocycles. The van der Waals surface area contributed by atoms with Crippen molar-refractivity contribution in [1.29, 1.82) is 0 Å². The normalized spacial score (nSPS) is 19.3. The molecular weight excluding hydrogens is 522 g/mol. The Morgan fingerprint density at radius 2 is 1.81 bits per heavy atom. The van der Waals surface area contributed by atoms with Crippen LogP contribution in [0.25, 0.3) is 0 Å². The molecule has 2 aliphatic rings. The van der Waals surface area contributed by atoms with E-state index in [1.165, 1.54) is 23.9 Å². The van der Waals surface area contributed by atoms with Crippen molar-refractivity contribution in [3.63, 3.8) is 0 Å². The lowest BCUT2D eigenvalue weighted by molar-refractivity contribution is -0.121. The SMILES string of the molecule is O=C(C[C@H]1SC(N2N=C(c3ccc(F)cc3)C[C@H]2c2cccc(Cl)c2)=NC1=O)Nc1ccc(Cl)cc1. The molecule has 182 valence electrons. The number of anilines is 1. The molecule has 6 nitrogen and oxygen atoms in total. The average molecular weight is 541 g/mol. The number of amidine groups is 1. The first kappa shape index (κ1) is 24.5. The van der Waals surface area contributed by atoms with E-state index in [4.69, 9.17) is 28.3 Å². The van der Waals surface area contributed by atoms with Gasteiger partial charge in [-0.05, 0) is 59.7 Å². The molecule has 10 heteroatoms. The van der Waals surface area contributed by atoms with Crippen LogP contribution in [0.3, 0.4) is 0 Å². The molecule has 3 aromatic rings. The van der Waals surface area contributed by atoms with E-state index in [-0.39, 0.29) is 24.2 Å². The van der Waals surface area contributed by atoms with Gasteiger partial charge in [-0.15, -0.1) is 0 Å². The minimum Gasteiger partial charge on any atom is -0.326 e. The van der Waals surface area contributed by atoms with Crippen molar-refractivity contribution in [1.82, 2.24) is 5.01 Å². The van der Waals surface area contributed by atoms with Crippen LogP contribution in [-0.2, 0) is 9.59 Å². The number of halogens is 3. The van der Waals surface area contributed by atoms with Crippen LogP contribution in [0.15, 0.2) is 82.9 Å². The Morgan fingerprint density at radius 3 is 2.53 bits per heavy atom. The number of nitrogens with one attached hydrogen (secondary N) is 1. The summed E-state index contributed by atoms with van der Waals surface area (Å²) in [7, 11) is 0. The van der Waals surface area contributed by atoms with Crippen molar-refractivity contribution in [3.8, 4) is 0 Å². The van der Waals surface area contributed by atoms with Gasteiger partial charge in [-0.3, -0.25) is 9.59 Å². The topological polar surface area (TPSA) is 74.1 Å². The van der Waals surface area contributed by atoms with E-state index < -0.39 is 11.2 Å². The van der Waals surface area contributed by atoms with Crippen molar-refractivity contribution < 1.29 is 14.0 Å². The predicted octanol–water partition coefficient (Wildman–Crippen LogP) is 6.31. The van der Waals surface area contributed by atoms with Gasteiger partial charge in [0, 0.05) is 28.6 Å². The summed E-state index contributed by atoms with van der Waals surface area (Å²) in [6, 6.07) is 20.0. The summed E-state index contributed by atoms with van der Waals surface area (Å²) >= 11 is 13.3. The number of aliphatic imine (C=N–C) groups is 1. The molecule has 0 spiro atoms. The van der Waals surface area contributed by atoms with E-state index >= 15 is 0 Å². The highest BCUT2D eigenvalue weighted by atomic mass is 35.5. The molecular formula is C26H19Cl2FN4O2S. The Balaban J connectivity index is 1.35. The maximum Gasteiger partial charge on any atom is 0.262 e. The summed E-state index contributed by atoms with van der Waals surface area (Å²) in [5, 5.41) is 10.1. The van der Waals surface area contributed by atoms with E-state index in [2.05, 4.69) is 10.3 Å². The van der Waals surface area contributed by atoms with Crippen LogP contribution >= 0.6 is 35.0 Å². The lowest BCUT2D eigenvalue weighted by Crippen LogP contribution is -2.25. The number of carbonyl (C=O) groups is 2. The number of amides is 2. The molecule has 0 fully saturated rings. The second-order valence-corrected chi connectivity index (χ2v) is 10.3. The van der Waals surface area contributed by atoms with Crippen LogP contribution in [0.1, 0.15) is 30.0 Å². The van der Waals surface area contributed by atoms with Crippen molar-refractivity contribution in [3.05, 3.63) is 99.8 Å². The first-order valence-electron chi connectivity index (χ1n) is 11.1. The maximum atomic E-state index is 13.5. The van der Waals surface area contributed by atoms with Crippen molar-refractivity contribution in [2.24, 2.45) is 10.1 Å². The highest BCUT2D eigenvalue weighted by molar-refractivity contribution is 8.15. The third-order valence-electron chi connectivity index (χ3n) is 5.74. The molecule has 2 aliphatic heterocycles. The molecule has 5 rings (SSSR count). The van der Waals surface area contributed by atoms with Crippen molar-refractivity contribution >= 4 is 63.3 Å². The predicted molar refractivity (Wildman–Crippen MR) is 142 cm³/mol. The number of hydrogen-bond donors (Lipinski definition) is 1. The number of nitrogens with zero attached hydrogens (tertiary/aromatic N) is 3. The van der Waals surface area contributed by atoms with E-state index in [1.54, 1.807) is 47.5 Å². The van der Waals surface area contributed by atoms with Crippen LogP contribution in [0, 0.1) is 5.82 Å². The third-order valence-corrected chi connectivity index (χ3v) is 7.37. The zero-order valence-corrected chi connectivity index (χ0v) is 21.0. The standard InChI is InChI=1S/C26H19Cl2FN4O2S/c27-17-6-10-20(11-7-17)30-24(34)14-23-25(35)31-26(36-23)33-22(16-2-1-3-18(28)12-16)13-21(32-33)15-4-8-19(29)9-5-15/h1-12,22-23H,13-14H2,(H,30,34)/t22-,23+/m0/s1. The van der Waals surface area contributed by atoms with Crippen molar-refractivity contribution in [2.75, 3.05) is 5.32 Å². The number of thioether (sulfide) groups is 1. The Labute approximate surface area is 221 Å². The summed E-state index contributed by atoms with van der Waals surface area (Å²) in [5.74, 6) is -1.03. The van der Waals surface area contributed by atoms with E-state index in [9.17, 15) is 14.0 Å². The number of benzene rings is 3. The van der Waals surface area contributed by atoms with E-state index in [0.717, 1.165) is 16.8 Å². The van der Waals surface area contributed by atoms with Gasteiger partial charge in [0.1, 0.15) is 11.1 Å². The van der Waals surface area contributed by atoms with Crippen LogP contribution in [-0.4, -0.2) is 33.0 Å². The highest BCUT2D eigenvalue weighted by Crippen LogP contribution is 2.39. The molecule has 0 saturated heterocycles. The van der Waals surface area contributed by atoms with Gasteiger partial charge >= 0.3 is 0 Å². The zero-order chi connectivity index (χ0) is 25.2. The van der Waals surface area contributed by atoms with Gasteiger partial charge in [0.05, 0.1) is 11.8 Å². The van der Waals surface area contributed by atoms with Gasteiger partial charge in [-0.1, -0.05) is 59.2 Å². The smallest absolute Gasteiger partial charge is 0.262 e. The first-order chi connectivity index (χ1) is 17.4. The number of hydrazone groups is 1. The fourth-order valence-electron chi connectivity index (χ4n) is 4.00. The minimum atomic E-state index is -0.669. The van der Waals surface area contributed by atoms with Crippen molar-refractivity contribution in [2.45, 2.75) is 24.1 Å². The largest absolute Gasteiger partial charge is 0.326 e. The second kappa shape index (κ2) is 10.4. The Kier molecular flexibility index (Phi) is 7.09. The first-order valence-corrected chi connectivity index (χ1v) is 12.7. The second-order valence-electron chi connectivity index (χ2n) is 8.27. The van der Waals surface area contributed by atoms with E-state index in [0.29, 0.717) is 27.3 Å². The van der Waals surface area contributed by atoms with Gasteiger partial charge in [-0.2, -0.15) is 10.1 Å². The Morgan fingerprint density at radius 1 is 1.06 bits per heavy atom. The fourth-order valence-corrected chi connectivity index (χ4v) is 5.38. The van der Waals surface area contributed by atoms with Crippen LogP contribution in [0.5, 0.6) is 0 Å². The number of rotatable bonds is 5. The zero-order valence-electron chi connectivity index (χ0n) is 18.7.